The SMILES string of the molecule is COc1ccc2c(c1)C=NC1CCC(OS(=O)(=O)O)CC21. The predicted molar refractivity (Wildman–Crippen MR) is 77.4 cm³/mol. The van der Waals surface area contributed by atoms with Crippen molar-refractivity contribution in [1.82, 2.24) is 0 Å². The maximum atomic E-state index is 10.9. The van der Waals surface area contributed by atoms with E-state index in [1.165, 1.54) is 0 Å². The van der Waals surface area contributed by atoms with Crippen molar-refractivity contribution in [2.75, 3.05) is 7.11 Å². The minimum atomic E-state index is -4.41. The predicted octanol–water partition coefficient (Wildman–Crippen LogP) is 1.95. The van der Waals surface area contributed by atoms with Crippen molar-refractivity contribution < 1.29 is 21.9 Å². The molecule has 114 valence electrons. The lowest BCUT2D eigenvalue weighted by atomic mass is 9.76. The van der Waals surface area contributed by atoms with Crippen LogP contribution < -0.4 is 4.74 Å². The maximum absolute atomic E-state index is 10.9. The summed E-state index contributed by atoms with van der Waals surface area (Å²) in [5.41, 5.74) is 2.11. The van der Waals surface area contributed by atoms with Crippen molar-refractivity contribution in [2.45, 2.75) is 37.3 Å². The van der Waals surface area contributed by atoms with Crippen molar-refractivity contribution in [2.24, 2.45) is 4.99 Å². The number of methoxy groups -OCH3 is 1. The highest BCUT2D eigenvalue weighted by molar-refractivity contribution is 7.80. The number of nitrogens with zero attached hydrogens (tertiary/aromatic N) is 1. The van der Waals surface area contributed by atoms with Crippen molar-refractivity contribution in [3.8, 4) is 5.75 Å². The highest BCUT2D eigenvalue weighted by atomic mass is 32.3. The highest BCUT2D eigenvalue weighted by Crippen LogP contribution is 2.40. The molecule has 21 heavy (non-hydrogen) atoms. The Morgan fingerprint density at radius 2 is 2.14 bits per heavy atom. The standard InChI is InChI=1S/C14H17NO5S/c1-19-10-2-4-12-9(6-10)8-15-14-5-3-11(7-13(12)14)20-21(16,17)18/h2,4,6,8,11,13-14H,3,5,7H2,1H3,(H,16,17,18). The molecular weight excluding hydrogens is 294 g/mol. The molecule has 6 nitrogen and oxygen atoms in total. The fourth-order valence-corrected chi connectivity index (χ4v) is 3.71. The average Bonchev–Trinajstić information content (AvgIpc) is 2.44. The first-order chi connectivity index (χ1) is 9.96. The molecule has 3 unspecified atom stereocenters. The Labute approximate surface area is 123 Å². The van der Waals surface area contributed by atoms with Gasteiger partial charge < -0.3 is 4.74 Å². The number of ether oxygens (including phenoxy) is 1. The van der Waals surface area contributed by atoms with Gasteiger partial charge in [0.15, 0.2) is 0 Å². The van der Waals surface area contributed by atoms with Gasteiger partial charge >= 0.3 is 10.4 Å². The van der Waals surface area contributed by atoms with Crippen LogP contribution in [0.2, 0.25) is 0 Å². The van der Waals surface area contributed by atoms with Crippen LogP contribution in [-0.2, 0) is 14.6 Å². The van der Waals surface area contributed by atoms with E-state index in [0.717, 1.165) is 23.3 Å². The Morgan fingerprint density at radius 1 is 1.33 bits per heavy atom. The molecule has 3 atom stereocenters. The van der Waals surface area contributed by atoms with Gasteiger partial charge in [0.25, 0.3) is 0 Å². The molecule has 1 aromatic rings. The summed E-state index contributed by atoms with van der Waals surface area (Å²) >= 11 is 0. The molecule has 0 saturated heterocycles. The van der Waals surface area contributed by atoms with Gasteiger partial charge in [-0.15, -0.1) is 0 Å². The Hall–Kier alpha value is -1.44. The fourth-order valence-electron chi connectivity index (χ4n) is 3.19. The van der Waals surface area contributed by atoms with Crippen LogP contribution in [0.5, 0.6) is 5.75 Å². The van der Waals surface area contributed by atoms with E-state index in [1.54, 1.807) is 7.11 Å². The molecule has 1 N–H and O–H groups in total. The summed E-state index contributed by atoms with van der Waals surface area (Å²) in [6.45, 7) is 0. The lowest BCUT2D eigenvalue weighted by molar-refractivity contribution is 0.124. The monoisotopic (exact) mass is 311 g/mol. The largest absolute Gasteiger partial charge is 0.497 e. The Balaban J connectivity index is 1.86. The molecule has 1 heterocycles. The van der Waals surface area contributed by atoms with Crippen LogP contribution in [0.15, 0.2) is 23.2 Å². The van der Waals surface area contributed by atoms with Gasteiger partial charge in [-0.3, -0.25) is 9.55 Å². The Bertz CT molecular complexity index is 670. The van der Waals surface area contributed by atoms with E-state index in [-0.39, 0.29) is 12.0 Å². The van der Waals surface area contributed by atoms with Crippen LogP contribution in [0.25, 0.3) is 0 Å². The zero-order valence-electron chi connectivity index (χ0n) is 11.6. The summed E-state index contributed by atoms with van der Waals surface area (Å²) in [5, 5.41) is 0. The molecule has 1 aromatic carbocycles. The summed E-state index contributed by atoms with van der Waals surface area (Å²) in [4.78, 5) is 4.55. The van der Waals surface area contributed by atoms with Gasteiger partial charge in [-0.05, 0) is 42.5 Å². The second-order valence-electron chi connectivity index (χ2n) is 5.41. The zero-order chi connectivity index (χ0) is 15.0. The second kappa shape index (κ2) is 5.40. The van der Waals surface area contributed by atoms with E-state index in [2.05, 4.69) is 4.99 Å². The van der Waals surface area contributed by atoms with Crippen molar-refractivity contribution >= 4 is 16.6 Å². The zero-order valence-corrected chi connectivity index (χ0v) is 12.4. The molecule has 0 spiro atoms. The van der Waals surface area contributed by atoms with Gasteiger partial charge in [0, 0.05) is 12.1 Å². The molecule has 1 aliphatic carbocycles. The van der Waals surface area contributed by atoms with Crippen LogP contribution >= 0.6 is 0 Å². The molecule has 1 saturated carbocycles. The third kappa shape index (κ3) is 3.09. The number of rotatable bonds is 3. The Kier molecular flexibility index (Phi) is 3.73. The highest BCUT2D eigenvalue weighted by Gasteiger charge is 2.36. The molecule has 0 bridgehead atoms. The third-order valence-electron chi connectivity index (χ3n) is 4.12. The Morgan fingerprint density at radius 3 is 2.86 bits per heavy atom. The molecule has 3 rings (SSSR count). The number of fused-ring (bicyclic) bond motifs is 3. The van der Waals surface area contributed by atoms with E-state index in [4.69, 9.17) is 13.5 Å². The minimum Gasteiger partial charge on any atom is -0.497 e. The van der Waals surface area contributed by atoms with Gasteiger partial charge in [-0.1, -0.05) is 6.07 Å². The van der Waals surface area contributed by atoms with Crippen molar-refractivity contribution in [1.29, 1.82) is 0 Å². The molecule has 1 aliphatic heterocycles. The van der Waals surface area contributed by atoms with Gasteiger partial charge in [0.05, 0.1) is 19.3 Å². The average molecular weight is 311 g/mol. The van der Waals surface area contributed by atoms with Gasteiger partial charge in [-0.25, -0.2) is 4.18 Å². The van der Waals surface area contributed by atoms with Crippen LogP contribution in [0, 0.1) is 0 Å². The number of hydrogen-bond acceptors (Lipinski definition) is 5. The number of hydrogen-bond donors (Lipinski definition) is 1. The molecule has 7 heteroatoms. The van der Waals surface area contributed by atoms with E-state index < -0.39 is 16.5 Å². The molecular formula is C14H17NO5S. The van der Waals surface area contributed by atoms with Crippen molar-refractivity contribution in [3.05, 3.63) is 29.3 Å². The quantitative estimate of drug-likeness (QED) is 0.862. The smallest absolute Gasteiger partial charge is 0.397 e. The lowest BCUT2D eigenvalue weighted by Gasteiger charge is -2.36. The van der Waals surface area contributed by atoms with E-state index in [9.17, 15) is 8.42 Å². The summed E-state index contributed by atoms with van der Waals surface area (Å²) < 4.78 is 40.5. The molecule has 0 radical (unpaired) electrons. The lowest BCUT2D eigenvalue weighted by Crippen LogP contribution is -2.34. The molecule has 0 aromatic heterocycles. The van der Waals surface area contributed by atoms with Gasteiger partial charge in [-0.2, -0.15) is 8.42 Å². The summed E-state index contributed by atoms with van der Waals surface area (Å²) in [6.07, 6.45) is 3.20. The van der Waals surface area contributed by atoms with E-state index in [1.807, 2.05) is 24.4 Å². The molecule has 1 fully saturated rings. The van der Waals surface area contributed by atoms with Crippen LogP contribution in [0.1, 0.15) is 36.3 Å². The van der Waals surface area contributed by atoms with Crippen LogP contribution in [0.3, 0.4) is 0 Å². The second-order valence-corrected chi connectivity index (χ2v) is 6.45. The fraction of sp³-hybridized carbons (Fsp3) is 0.500. The first kappa shape index (κ1) is 14.5. The third-order valence-corrected chi connectivity index (χ3v) is 4.64. The van der Waals surface area contributed by atoms with E-state index in [0.29, 0.717) is 12.8 Å². The van der Waals surface area contributed by atoms with Crippen LogP contribution in [0.4, 0.5) is 0 Å². The number of aliphatic imine (C=N–C) groups is 1. The summed E-state index contributed by atoms with van der Waals surface area (Å²) in [7, 11) is -2.80. The van der Waals surface area contributed by atoms with E-state index >= 15 is 0 Å². The first-order valence-corrected chi connectivity index (χ1v) is 8.19. The molecule has 2 aliphatic rings. The van der Waals surface area contributed by atoms with Gasteiger partial charge in [0.2, 0.25) is 0 Å². The van der Waals surface area contributed by atoms with Gasteiger partial charge in [0.1, 0.15) is 5.75 Å². The molecule has 0 amide bonds. The summed E-state index contributed by atoms with van der Waals surface area (Å²) in [6, 6.07) is 5.95. The topological polar surface area (TPSA) is 85.2 Å². The summed E-state index contributed by atoms with van der Waals surface area (Å²) in [5.74, 6) is 0.872. The van der Waals surface area contributed by atoms with Crippen molar-refractivity contribution in [3.63, 3.8) is 0 Å². The normalized spacial score (nSPS) is 27.8. The first-order valence-electron chi connectivity index (χ1n) is 6.83. The maximum Gasteiger partial charge on any atom is 0.397 e. The van der Waals surface area contributed by atoms with Crippen LogP contribution in [-0.4, -0.2) is 38.4 Å². The minimum absolute atomic E-state index is 0.108. The number of benzene rings is 1.